The molecule has 0 aliphatic rings. The van der Waals surface area contributed by atoms with Crippen LogP contribution >= 0.6 is 0 Å². The van der Waals surface area contributed by atoms with Crippen LogP contribution in [0.1, 0.15) is 11.7 Å². The van der Waals surface area contributed by atoms with E-state index in [-0.39, 0.29) is 12.1 Å². The highest BCUT2D eigenvalue weighted by atomic mass is 16.3. The number of aliphatic hydroxyl groups excluding tert-OH is 2. The van der Waals surface area contributed by atoms with E-state index in [4.69, 9.17) is 5.53 Å². The molecule has 0 radical (unpaired) electrons. The van der Waals surface area contributed by atoms with Gasteiger partial charge in [0.1, 0.15) is 6.10 Å². The Morgan fingerprint density at radius 1 is 1.53 bits per heavy atom. The number of aliphatic hydroxyl groups is 2. The van der Waals surface area contributed by atoms with Crippen molar-refractivity contribution in [3.05, 3.63) is 44.7 Å². The quantitative estimate of drug-likeness (QED) is 0.370. The molecule has 0 bridgehead atoms. The Morgan fingerprint density at radius 2 is 2.27 bits per heavy atom. The van der Waals surface area contributed by atoms with Gasteiger partial charge in [-0.2, -0.15) is 0 Å². The van der Waals surface area contributed by atoms with Crippen molar-refractivity contribution < 1.29 is 10.2 Å². The minimum atomic E-state index is -1.19. The van der Waals surface area contributed by atoms with Crippen LogP contribution in [0.3, 0.4) is 0 Å². The zero-order chi connectivity index (χ0) is 11.3. The Labute approximate surface area is 84.6 Å². The van der Waals surface area contributed by atoms with Gasteiger partial charge in [0.2, 0.25) is 5.56 Å². The maximum atomic E-state index is 10.7. The largest absolute Gasteiger partial charge is 0.390 e. The number of aromatic nitrogens is 1. The second-order valence-corrected chi connectivity index (χ2v) is 2.91. The van der Waals surface area contributed by atoms with Crippen LogP contribution in [0.5, 0.6) is 0 Å². The molecule has 0 aromatic carbocycles. The fourth-order valence-electron chi connectivity index (χ4n) is 1.05. The Bertz CT molecular complexity index is 404. The fraction of sp³-hybridized carbons (Fsp3) is 0.375. The van der Waals surface area contributed by atoms with E-state index >= 15 is 0 Å². The number of azide groups is 1. The van der Waals surface area contributed by atoms with Gasteiger partial charge in [-0.15, -0.1) is 0 Å². The van der Waals surface area contributed by atoms with E-state index in [9.17, 15) is 15.0 Å². The maximum Gasteiger partial charge on any atom is 0.247 e. The zero-order valence-corrected chi connectivity index (χ0v) is 7.74. The van der Waals surface area contributed by atoms with E-state index in [0.29, 0.717) is 5.56 Å². The minimum Gasteiger partial charge on any atom is -0.390 e. The average Bonchev–Trinajstić information content (AvgIpc) is 2.26. The molecule has 7 heteroatoms. The van der Waals surface area contributed by atoms with Crippen LogP contribution in [-0.2, 0) is 0 Å². The standard InChI is InChI=1S/C8H10N4O3/c9-12-11-4-6(13)8(15)5-1-2-7(14)10-3-5/h1-3,6,8,13,15H,4H2,(H,10,14). The van der Waals surface area contributed by atoms with Crippen molar-refractivity contribution >= 4 is 0 Å². The third-order valence-electron chi connectivity index (χ3n) is 1.85. The van der Waals surface area contributed by atoms with E-state index in [0.717, 1.165) is 0 Å². The summed E-state index contributed by atoms with van der Waals surface area (Å²) in [5, 5.41) is 22.1. The molecule has 0 fully saturated rings. The van der Waals surface area contributed by atoms with Gasteiger partial charge >= 0.3 is 0 Å². The smallest absolute Gasteiger partial charge is 0.247 e. The molecule has 1 aromatic rings. The number of nitrogens with one attached hydrogen (secondary N) is 1. The van der Waals surface area contributed by atoms with Crippen LogP contribution in [0.25, 0.3) is 10.4 Å². The Morgan fingerprint density at radius 3 is 2.80 bits per heavy atom. The van der Waals surface area contributed by atoms with Gasteiger partial charge in [0, 0.05) is 17.2 Å². The molecule has 15 heavy (non-hydrogen) atoms. The number of aromatic amines is 1. The van der Waals surface area contributed by atoms with Crippen molar-refractivity contribution in [3.8, 4) is 0 Å². The highest BCUT2D eigenvalue weighted by Crippen LogP contribution is 2.14. The van der Waals surface area contributed by atoms with E-state index in [1.165, 1.54) is 18.3 Å². The highest BCUT2D eigenvalue weighted by molar-refractivity contribution is 5.13. The number of hydrogen-bond acceptors (Lipinski definition) is 4. The van der Waals surface area contributed by atoms with Crippen LogP contribution in [0.2, 0.25) is 0 Å². The normalized spacial score (nSPS) is 14.0. The second-order valence-electron chi connectivity index (χ2n) is 2.91. The molecular weight excluding hydrogens is 200 g/mol. The number of nitrogens with zero attached hydrogens (tertiary/aromatic N) is 3. The van der Waals surface area contributed by atoms with Gasteiger partial charge in [-0.3, -0.25) is 4.79 Å². The molecule has 0 aliphatic heterocycles. The molecule has 2 unspecified atom stereocenters. The van der Waals surface area contributed by atoms with E-state index in [2.05, 4.69) is 15.0 Å². The van der Waals surface area contributed by atoms with Gasteiger partial charge in [0.05, 0.1) is 12.6 Å². The summed E-state index contributed by atoms with van der Waals surface area (Å²) in [5.41, 5.74) is 8.08. The molecule has 80 valence electrons. The Balaban J connectivity index is 2.75. The molecule has 1 aromatic heterocycles. The summed E-state index contributed by atoms with van der Waals surface area (Å²) < 4.78 is 0. The lowest BCUT2D eigenvalue weighted by Crippen LogP contribution is -2.22. The lowest BCUT2D eigenvalue weighted by molar-refractivity contribution is 0.0242. The van der Waals surface area contributed by atoms with Crippen molar-refractivity contribution in [1.29, 1.82) is 0 Å². The number of rotatable bonds is 4. The molecular formula is C8H10N4O3. The zero-order valence-electron chi connectivity index (χ0n) is 7.74. The molecule has 7 nitrogen and oxygen atoms in total. The van der Waals surface area contributed by atoms with Crippen LogP contribution in [0.15, 0.2) is 28.2 Å². The molecule has 1 heterocycles. The first-order valence-corrected chi connectivity index (χ1v) is 4.21. The lowest BCUT2D eigenvalue weighted by atomic mass is 10.1. The summed E-state index contributed by atoms with van der Waals surface area (Å²) in [7, 11) is 0. The van der Waals surface area contributed by atoms with Gasteiger partial charge in [-0.05, 0) is 17.2 Å². The predicted octanol–water partition coefficient (Wildman–Crippen LogP) is 0.0795. The van der Waals surface area contributed by atoms with Gasteiger partial charge in [-0.25, -0.2) is 0 Å². The molecule has 0 spiro atoms. The molecule has 1 rings (SSSR count). The molecule has 3 N–H and O–H groups in total. The molecule has 0 aliphatic carbocycles. The van der Waals surface area contributed by atoms with Gasteiger partial charge in [0.15, 0.2) is 0 Å². The maximum absolute atomic E-state index is 10.7. The minimum absolute atomic E-state index is 0.225. The van der Waals surface area contributed by atoms with Gasteiger partial charge < -0.3 is 15.2 Å². The molecule has 0 saturated heterocycles. The highest BCUT2D eigenvalue weighted by Gasteiger charge is 2.17. The second kappa shape index (κ2) is 5.16. The van der Waals surface area contributed by atoms with Crippen LogP contribution in [-0.4, -0.2) is 27.8 Å². The third kappa shape index (κ3) is 3.10. The fourth-order valence-corrected chi connectivity index (χ4v) is 1.05. The first kappa shape index (κ1) is 11.3. The lowest BCUT2D eigenvalue weighted by Gasteiger charge is -2.15. The van der Waals surface area contributed by atoms with Crippen molar-refractivity contribution in [2.24, 2.45) is 5.11 Å². The SMILES string of the molecule is [N-]=[N+]=NCC(O)C(O)c1ccc(=O)[nH]c1. The average molecular weight is 210 g/mol. The number of pyridine rings is 1. The molecule has 0 saturated carbocycles. The van der Waals surface area contributed by atoms with E-state index in [1.54, 1.807) is 0 Å². The summed E-state index contributed by atoms with van der Waals surface area (Å²) in [4.78, 5) is 15.5. The summed E-state index contributed by atoms with van der Waals surface area (Å²) in [6.07, 6.45) is -1.08. The van der Waals surface area contributed by atoms with Gasteiger partial charge in [0.25, 0.3) is 0 Å². The summed E-state index contributed by atoms with van der Waals surface area (Å²) in [6.45, 7) is -0.225. The summed E-state index contributed by atoms with van der Waals surface area (Å²) >= 11 is 0. The predicted molar refractivity (Wildman–Crippen MR) is 52.0 cm³/mol. The van der Waals surface area contributed by atoms with Crippen molar-refractivity contribution in [1.82, 2.24) is 4.98 Å². The number of H-pyrrole nitrogens is 1. The van der Waals surface area contributed by atoms with Crippen molar-refractivity contribution in [2.45, 2.75) is 12.2 Å². The van der Waals surface area contributed by atoms with Crippen molar-refractivity contribution in [2.75, 3.05) is 6.54 Å². The van der Waals surface area contributed by atoms with Crippen LogP contribution < -0.4 is 5.56 Å². The first-order chi connectivity index (χ1) is 7.15. The van der Waals surface area contributed by atoms with Crippen molar-refractivity contribution in [3.63, 3.8) is 0 Å². The molecule has 0 amide bonds. The van der Waals surface area contributed by atoms with E-state index < -0.39 is 12.2 Å². The third-order valence-corrected chi connectivity index (χ3v) is 1.85. The summed E-state index contributed by atoms with van der Waals surface area (Å²) in [5.74, 6) is 0. The van der Waals surface area contributed by atoms with Crippen LogP contribution in [0, 0.1) is 0 Å². The topological polar surface area (TPSA) is 122 Å². The monoisotopic (exact) mass is 210 g/mol. The molecule has 2 atom stereocenters. The van der Waals surface area contributed by atoms with E-state index in [1.807, 2.05) is 0 Å². The van der Waals surface area contributed by atoms with Gasteiger partial charge in [-0.1, -0.05) is 5.11 Å². The first-order valence-electron chi connectivity index (χ1n) is 4.21. The summed E-state index contributed by atoms with van der Waals surface area (Å²) in [6, 6.07) is 2.63. The Hall–Kier alpha value is -1.82. The number of hydrogen-bond donors (Lipinski definition) is 3. The Kier molecular flexibility index (Phi) is 3.87. The van der Waals surface area contributed by atoms with Crippen LogP contribution in [0.4, 0.5) is 0 Å².